The van der Waals surface area contributed by atoms with Crippen LogP contribution in [0.3, 0.4) is 0 Å². The van der Waals surface area contributed by atoms with Crippen LogP contribution in [0.15, 0.2) is 176 Å². The van der Waals surface area contributed by atoms with Gasteiger partial charge in [-0.2, -0.15) is 0 Å². The monoisotopic (exact) mass is 759 g/mol. The van der Waals surface area contributed by atoms with Gasteiger partial charge >= 0.3 is 0 Å². The summed E-state index contributed by atoms with van der Waals surface area (Å²) in [7, 11) is 0. The Morgan fingerprint density at radius 2 is 1.03 bits per heavy atom. The second-order valence-corrected chi connectivity index (χ2v) is 16.3. The molecule has 0 N–H and O–H groups in total. The van der Waals surface area contributed by atoms with Crippen LogP contribution in [0.2, 0.25) is 0 Å². The Labute approximate surface area is 342 Å². The Balaban J connectivity index is 1.33. The van der Waals surface area contributed by atoms with Crippen molar-refractivity contribution in [2.24, 2.45) is 0 Å². The predicted octanol–water partition coefficient (Wildman–Crippen LogP) is 14.4. The molecule has 8 aromatic carbocycles. The normalized spacial score (nSPS) is 11.9. The second-order valence-electron chi connectivity index (χ2n) is 15.2. The summed E-state index contributed by atoms with van der Waals surface area (Å²) in [6.07, 6.45) is 0.837. The Bertz CT molecular complexity index is 3200. The SMILES string of the molecule is Cc1cc2c(c(-c3c(-c4ccccc4)nnnc3-c3c(-c4ccccc4)cccc3-c3c(-c4ccccc4)ccc4sc5ccccc5c34)c1C)Cc1ccccc1-2. The van der Waals surface area contributed by atoms with Gasteiger partial charge in [0, 0.05) is 36.9 Å². The van der Waals surface area contributed by atoms with Crippen molar-refractivity contribution < 1.29 is 0 Å². The fourth-order valence-electron chi connectivity index (χ4n) is 9.22. The van der Waals surface area contributed by atoms with E-state index in [1.54, 1.807) is 0 Å². The summed E-state index contributed by atoms with van der Waals surface area (Å²) >= 11 is 1.85. The molecule has 0 atom stereocenters. The van der Waals surface area contributed by atoms with Gasteiger partial charge in [0.15, 0.2) is 0 Å². The van der Waals surface area contributed by atoms with Crippen molar-refractivity contribution in [1.29, 1.82) is 0 Å². The minimum atomic E-state index is 0.825. The number of hydrogen-bond acceptors (Lipinski definition) is 4. The fourth-order valence-corrected chi connectivity index (χ4v) is 10.3. The molecule has 0 spiro atoms. The molecular weight excluding hydrogens is 723 g/mol. The molecule has 0 aliphatic heterocycles. The first kappa shape index (κ1) is 34.3. The number of nitrogens with zero attached hydrogens (tertiary/aromatic N) is 3. The lowest BCUT2D eigenvalue weighted by molar-refractivity contribution is 0.878. The molecule has 4 heteroatoms. The third kappa shape index (κ3) is 5.44. The summed E-state index contributed by atoms with van der Waals surface area (Å²) in [4.78, 5) is 0. The molecule has 2 heterocycles. The molecule has 11 rings (SSSR count). The number of benzene rings is 8. The van der Waals surface area contributed by atoms with E-state index in [0.717, 1.165) is 51.2 Å². The van der Waals surface area contributed by atoms with Crippen LogP contribution in [0.25, 0.3) is 98.3 Å². The van der Waals surface area contributed by atoms with Gasteiger partial charge in [0.2, 0.25) is 0 Å². The van der Waals surface area contributed by atoms with Gasteiger partial charge in [-0.15, -0.1) is 21.5 Å². The second kappa shape index (κ2) is 13.9. The topological polar surface area (TPSA) is 38.7 Å². The lowest BCUT2D eigenvalue weighted by Crippen LogP contribution is -2.06. The number of thiophene rings is 1. The highest BCUT2D eigenvalue weighted by molar-refractivity contribution is 7.26. The average molecular weight is 760 g/mol. The predicted molar refractivity (Wildman–Crippen MR) is 243 cm³/mol. The Morgan fingerprint density at radius 1 is 0.431 bits per heavy atom. The number of rotatable bonds is 6. The van der Waals surface area contributed by atoms with Gasteiger partial charge in [-0.3, -0.25) is 0 Å². The first-order valence-electron chi connectivity index (χ1n) is 19.8. The summed E-state index contributed by atoms with van der Waals surface area (Å²) in [5.41, 5.74) is 20.5. The van der Waals surface area contributed by atoms with Gasteiger partial charge in [0.25, 0.3) is 0 Å². The van der Waals surface area contributed by atoms with E-state index in [1.165, 1.54) is 75.8 Å². The minimum Gasteiger partial charge on any atom is -0.135 e. The van der Waals surface area contributed by atoms with Crippen molar-refractivity contribution in [2.75, 3.05) is 0 Å². The molecule has 0 amide bonds. The quantitative estimate of drug-likeness (QED) is 0.169. The van der Waals surface area contributed by atoms with Gasteiger partial charge in [0.1, 0.15) is 11.4 Å². The molecule has 0 unspecified atom stereocenters. The van der Waals surface area contributed by atoms with E-state index in [9.17, 15) is 0 Å². The fraction of sp³-hybridized carbons (Fsp3) is 0.0556. The molecule has 1 aliphatic carbocycles. The smallest absolute Gasteiger partial charge is 0.106 e. The maximum absolute atomic E-state index is 5.20. The molecule has 10 aromatic rings. The van der Waals surface area contributed by atoms with E-state index >= 15 is 0 Å². The van der Waals surface area contributed by atoms with Crippen LogP contribution >= 0.6 is 11.3 Å². The van der Waals surface area contributed by atoms with Gasteiger partial charge in [-0.05, 0) is 110 Å². The van der Waals surface area contributed by atoms with E-state index in [-0.39, 0.29) is 0 Å². The van der Waals surface area contributed by atoms with Crippen LogP contribution in [-0.4, -0.2) is 15.4 Å². The molecule has 0 saturated heterocycles. The van der Waals surface area contributed by atoms with Crippen LogP contribution in [0.1, 0.15) is 22.3 Å². The van der Waals surface area contributed by atoms with Crippen LogP contribution in [0, 0.1) is 13.8 Å². The van der Waals surface area contributed by atoms with Crippen LogP contribution in [-0.2, 0) is 6.42 Å². The maximum atomic E-state index is 5.20. The zero-order valence-corrected chi connectivity index (χ0v) is 33.0. The highest BCUT2D eigenvalue weighted by atomic mass is 32.1. The van der Waals surface area contributed by atoms with Gasteiger partial charge in [-0.25, -0.2) is 0 Å². The van der Waals surface area contributed by atoms with Crippen molar-refractivity contribution in [3.8, 4) is 78.1 Å². The Hall–Kier alpha value is -7.01. The van der Waals surface area contributed by atoms with Gasteiger partial charge in [-0.1, -0.05) is 164 Å². The summed E-state index contributed by atoms with van der Waals surface area (Å²) < 4.78 is 2.52. The van der Waals surface area contributed by atoms with E-state index < -0.39 is 0 Å². The van der Waals surface area contributed by atoms with Crippen LogP contribution in [0.4, 0.5) is 0 Å². The average Bonchev–Trinajstić information content (AvgIpc) is 3.85. The molecule has 0 fully saturated rings. The minimum absolute atomic E-state index is 0.825. The zero-order chi connectivity index (χ0) is 38.7. The van der Waals surface area contributed by atoms with Crippen LogP contribution in [0.5, 0.6) is 0 Å². The molecule has 0 saturated carbocycles. The summed E-state index contributed by atoms with van der Waals surface area (Å²) in [5.74, 6) is 0. The zero-order valence-electron chi connectivity index (χ0n) is 32.2. The summed E-state index contributed by atoms with van der Waals surface area (Å²) in [6, 6.07) is 63.5. The number of aryl methyl sites for hydroxylation is 1. The molecule has 2 aromatic heterocycles. The molecule has 58 heavy (non-hydrogen) atoms. The third-order valence-electron chi connectivity index (χ3n) is 12.0. The number of fused-ring (bicyclic) bond motifs is 6. The Morgan fingerprint density at radius 3 is 1.79 bits per heavy atom. The first-order chi connectivity index (χ1) is 28.6. The maximum Gasteiger partial charge on any atom is 0.106 e. The van der Waals surface area contributed by atoms with Gasteiger partial charge < -0.3 is 0 Å². The van der Waals surface area contributed by atoms with E-state index in [2.05, 4.69) is 195 Å². The number of aromatic nitrogens is 3. The van der Waals surface area contributed by atoms with E-state index in [1.807, 2.05) is 11.3 Å². The molecule has 1 aliphatic rings. The Kier molecular flexibility index (Phi) is 8.19. The summed E-state index contributed by atoms with van der Waals surface area (Å²) in [5, 5.41) is 17.3. The highest BCUT2D eigenvalue weighted by Gasteiger charge is 2.31. The standard InChI is InChI=1S/C54H37N3S/c1-33-31-44-39-24-13-12-23-38(39)32-45(44)48(34(33)2)52-53(37-21-10-5-11-22-37)55-57-56-54(52)50-40(35-17-6-3-7-18-35)26-16-27-43(50)49-41(36-19-8-4-9-20-36)29-30-47-51(49)42-25-14-15-28-46(42)58-47/h3-31H,32H2,1-2H3. The summed E-state index contributed by atoms with van der Waals surface area (Å²) in [6.45, 7) is 4.50. The van der Waals surface area contributed by atoms with Crippen LogP contribution < -0.4 is 0 Å². The van der Waals surface area contributed by atoms with Crippen molar-refractivity contribution >= 4 is 31.5 Å². The van der Waals surface area contributed by atoms with E-state index in [4.69, 9.17) is 10.2 Å². The molecular formula is C54H37N3S. The van der Waals surface area contributed by atoms with Crippen molar-refractivity contribution in [3.63, 3.8) is 0 Å². The lowest BCUT2D eigenvalue weighted by Gasteiger charge is -2.23. The number of hydrogen-bond donors (Lipinski definition) is 0. The lowest BCUT2D eigenvalue weighted by atomic mass is 9.80. The molecule has 0 bridgehead atoms. The van der Waals surface area contributed by atoms with Crippen molar-refractivity contribution in [2.45, 2.75) is 20.3 Å². The van der Waals surface area contributed by atoms with Crippen molar-refractivity contribution in [3.05, 3.63) is 198 Å². The molecule has 0 radical (unpaired) electrons. The molecule has 274 valence electrons. The largest absolute Gasteiger partial charge is 0.135 e. The van der Waals surface area contributed by atoms with Crippen molar-refractivity contribution in [1.82, 2.24) is 15.4 Å². The highest BCUT2D eigenvalue weighted by Crippen LogP contribution is 2.53. The van der Waals surface area contributed by atoms with Gasteiger partial charge in [0.05, 0.1) is 0 Å². The third-order valence-corrected chi connectivity index (χ3v) is 13.1. The van der Waals surface area contributed by atoms with E-state index in [0.29, 0.717) is 0 Å². The molecule has 3 nitrogen and oxygen atoms in total. The first-order valence-corrected chi connectivity index (χ1v) is 20.6.